The van der Waals surface area contributed by atoms with Crippen molar-refractivity contribution in [1.29, 1.82) is 0 Å². The molecule has 0 fully saturated rings. The molecular formula is C22H27BrN2O4S. The Hall–Kier alpha value is -2.06. The van der Waals surface area contributed by atoms with Crippen LogP contribution >= 0.6 is 15.9 Å². The first-order valence-electron chi connectivity index (χ1n) is 9.98. The molecule has 0 radical (unpaired) electrons. The number of hydrogen-bond acceptors (Lipinski definition) is 4. The molecule has 3 rings (SSSR count). The standard InChI is InChI=1S/C22H27BrN2O4S/c1-4-22(5-2)14-18(16-10-6-9-13-20(16)29-22)24-21(26)15-25(30(3,27)28)19-12-8-7-11-17(19)23/h6-13,18H,4-5,14-15H2,1-3H3,(H,24,26)/t18-/m0/s1. The average Bonchev–Trinajstić information content (AvgIpc) is 2.71. The summed E-state index contributed by atoms with van der Waals surface area (Å²) in [5.74, 6) is 0.405. The summed E-state index contributed by atoms with van der Waals surface area (Å²) in [7, 11) is -3.65. The molecule has 8 heteroatoms. The first-order valence-corrected chi connectivity index (χ1v) is 12.6. The second-order valence-electron chi connectivity index (χ2n) is 7.58. The summed E-state index contributed by atoms with van der Waals surface area (Å²) in [5.41, 5.74) is 0.986. The molecule has 0 spiro atoms. The van der Waals surface area contributed by atoms with E-state index >= 15 is 0 Å². The predicted octanol–water partition coefficient (Wildman–Crippen LogP) is 4.41. The zero-order valence-corrected chi connectivity index (χ0v) is 19.8. The van der Waals surface area contributed by atoms with Crippen LogP contribution in [0.1, 0.15) is 44.7 Å². The van der Waals surface area contributed by atoms with Crippen LogP contribution in [0.2, 0.25) is 0 Å². The van der Waals surface area contributed by atoms with E-state index in [0.29, 0.717) is 16.6 Å². The van der Waals surface area contributed by atoms with E-state index in [4.69, 9.17) is 4.74 Å². The van der Waals surface area contributed by atoms with Crippen molar-refractivity contribution in [1.82, 2.24) is 5.32 Å². The van der Waals surface area contributed by atoms with Gasteiger partial charge in [0, 0.05) is 16.5 Å². The van der Waals surface area contributed by atoms with E-state index in [1.54, 1.807) is 24.3 Å². The molecule has 0 unspecified atom stereocenters. The first kappa shape index (κ1) is 22.6. The summed E-state index contributed by atoms with van der Waals surface area (Å²) in [5, 5.41) is 3.05. The van der Waals surface area contributed by atoms with Crippen LogP contribution < -0.4 is 14.4 Å². The summed E-state index contributed by atoms with van der Waals surface area (Å²) in [6.45, 7) is 3.86. The van der Waals surface area contributed by atoms with Crippen LogP contribution in [0.3, 0.4) is 0 Å². The Bertz CT molecular complexity index is 1020. The smallest absolute Gasteiger partial charge is 0.241 e. The molecule has 0 saturated heterocycles. The molecule has 2 aromatic carbocycles. The molecule has 162 valence electrons. The lowest BCUT2D eigenvalue weighted by Gasteiger charge is -2.41. The van der Waals surface area contributed by atoms with E-state index in [0.717, 1.165) is 34.7 Å². The Balaban J connectivity index is 1.86. The van der Waals surface area contributed by atoms with Gasteiger partial charge in [0.15, 0.2) is 0 Å². The quantitative estimate of drug-likeness (QED) is 0.618. The number of anilines is 1. The maximum Gasteiger partial charge on any atom is 0.241 e. The van der Waals surface area contributed by atoms with Crippen LogP contribution in [0.4, 0.5) is 5.69 Å². The first-order chi connectivity index (χ1) is 14.2. The molecule has 1 aliphatic rings. The van der Waals surface area contributed by atoms with Crippen molar-refractivity contribution >= 4 is 37.5 Å². The molecule has 6 nitrogen and oxygen atoms in total. The van der Waals surface area contributed by atoms with Crippen molar-refractivity contribution in [3.63, 3.8) is 0 Å². The number of ether oxygens (including phenoxy) is 1. The van der Waals surface area contributed by atoms with Crippen molar-refractivity contribution in [3.05, 3.63) is 58.6 Å². The number of benzene rings is 2. The SMILES string of the molecule is CCC1(CC)C[C@H](NC(=O)CN(c2ccccc2Br)S(C)(=O)=O)c2ccccc2O1. The molecule has 1 heterocycles. The van der Waals surface area contributed by atoms with E-state index in [2.05, 4.69) is 35.1 Å². The lowest BCUT2D eigenvalue weighted by Crippen LogP contribution is -2.47. The van der Waals surface area contributed by atoms with E-state index in [1.807, 2.05) is 24.3 Å². The minimum Gasteiger partial charge on any atom is -0.487 e. The highest BCUT2D eigenvalue weighted by atomic mass is 79.9. The van der Waals surface area contributed by atoms with Crippen molar-refractivity contribution in [2.75, 3.05) is 17.1 Å². The van der Waals surface area contributed by atoms with Gasteiger partial charge < -0.3 is 10.1 Å². The Labute approximate surface area is 186 Å². The molecule has 2 aromatic rings. The maximum absolute atomic E-state index is 13.0. The number of sulfonamides is 1. The summed E-state index contributed by atoms with van der Waals surface area (Å²) in [6.07, 6.45) is 3.37. The summed E-state index contributed by atoms with van der Waals surface area (Å²) < 4.78 is 32.8. The van der Waals surface area contributed by atoms with Gasteiger partial charge >= 0.3 is 0 Å². The van der Waals surface area contributed by atoms with Crippen LogP contribution in [0.5, 0.6) is 5.75 Å². The van der Waals surface area contributed by atoms with Gasteiger partial charge in [-0.25, -0.2) is 8.42 Å². The normalized spacial score (nSPS) is 17.5. The highest BCUT2D eigenvalue weighted by Gasteiger charge is 2.39. The summed E-state index contributed by atoms with van der Waals surface area (Å²) in [6, 6.07) is 14.4. The van der Waals surface area contributed by atoms with Gasteiger partial charge in [0.25, 0.3) is 0 Å². The van der Waals surface area contributed by atoms with Gasteiger partial charge in [0.05, 0.1) is 18.0 Å². The fraction of sp³-hybridized carbons (Fsp3) is 0.409. The summed E-state index contributed by atoms with van der Waals surface area (Å²) in [4.78, 5) is 13.0. The van der Waals surface area contributed by atoms with Crippen LogP contribution in [-0.2, 0) is 14.8 Å². The van der Waals surface area contributed by atoms with E-state index < -0.39 is 10.0 Å². The van der Waals surface area contributed by atoms with E-state index in [1.165, 1.54) is 0 Å². The zero-order chi connectivity index (χ0) is 21.9. The molecule has 0 aromatic heterocycles. The lowest BCUT2D eigenvalue weighted by atomic mass is 9.83. The summed E-state index contributed by atoms with van der Waals surface area (Å²) >= 11 is 3.38. The fourth-order valence-electron chi connectivity index (χ4n) is 3.84. The van der Waals surface area contributed by atoms with Crippen molar-refractivity contribution in [3.8, 4) is 5.75 Å². The number of amides is 1. The number of carbonyl (C=O) groups is 1. The molecule has 1 amide bonds. The second kappa shape index (κ2) is 8.98. The van der Waals surface area contributed by atoms with Gasteiger partial charge in [-0.15, -0.1) is 0 Å². The minimum absolute atomic E-state index is 0.247. The lowest BCUT2D eigenvalue weighted by molar-refractivity contribution is -0.121. The van der Waals surface area contributed by atoms with Crippen LogP contribution in [0, 0.1) is 0 Å². The molecule has 1 N–H and O–H groups in total. The highest BCUT2D eigenvalue weighted by molar-refractivity contribution is 9.10. The Morgan fingerprint density at radius 2 is 1.80 bits per heavy atom. The monoisotopic (exact) mass is 494 g/mol. The number of halogens is 1. The molecule has 0 aliphatic carbocycles. The van der Waals surface area contributed by atoms with E-state index in [9.17, 15) is 13.2 Å². The van der Waals surface area contributed by atoms with Crippen molar-refractivity contribution in [2.45, 2.75) is 44.8 Å². The second-order valence-corrected chi connectivity index (χ2v) is 10.3. The Kier molecular flexibility index (Phi) is 6.77. The van der Waals surface area contributed by atoms with Gasteiger partial charge in [-0.3, -0.25) is 9.10 Å². The molecule has 1 atom stereocenters. The van der Waals surface area contributed by atoms with Crippen molar-refractivity contribution in [2.24, 2.45) is 0 Å². The van der Waals surface area contributed by atoms with Gasteiger partial charge in [-0.05, 0) is 47.0 Å². The third-order valence-corrected chi connectivity index (χ3v) is 7.43. The van der Waals surface area contributed by atoms with Crippen molar-refractivity contribution < 1.29 is 17.9 Å². The Morgan fingerprint density at radius 3 is 2.43 bits per heavy atom. The predicted molar refractivity (Wildman–Crippen MR) is 122 cm³/mol. The molecule has 30 heavy (non-hydrogen) atoms. The average molecular weight is 495 g/mol. The Morgan fingerprint density at radius 1 is 1.17 bits per heavy atom. The van der Waals surface area contributed by atoms with Gasteiger partial charge in [-0.2, -0.15) is 0 Å². The van der Waals surface area contributed by atoms with Crippen LogP contribution in [0.15, 0.2) is 53.0 Å². The fourth-order valence-corrected chi connectivity index (χ4v) is 5.32. The van der Waals surface area contributed by atoms with Crippen LogP contribution in [0.25, 0.3) is 0 Å². The van der Waals surface area contributed by atoms with Gasteiger partial charge in [0.1, 0.15) is 17.9 Å². The maximum atomic E-state index is 13.0. The topological polar surface area (TPSA) is 75.7 Å². The number of hydrogen-bond donors (Lipinski definition) is 1. The highest BCUT2D eigenvalue weighted by Crippen LogP contribution is 2.42. The zero-order valence-electron chi connectivity index (χ0n) is 17.4. The number of fused-ring (bicyclic) bond motifs is 1. The van der Waals surface area contributed by atoms with Crippen LogP contribution in [-0.4, -0.2) is 32.7 Å². The third-order valence-electron chi connectivity index (χ3n) is 5.63. The molecule has 1 aliphatic heterocycles. The number of nitrogens with zero attached hydrogens (tertiary/aromatic N) is 1. The largest absolute Gasteiger partial charge is 0.487 e. The number of nitrogens with one attached hydrogen (secondary N) is 1. The number of rotatable bonds is 7. The third kappa shape index (κ3) is 4.81. The van der Waals surface area contributed by atoms with Gasteiger partial charge in [0.2, 0.25) is 15.9 Å². The molecular weight excluding hydrogens is 468 g/mol. The number of para-hydroxylation sites is 2. The van der Waals surface area contributed by atoms with Gasteiger partial charge in [-0.1, -0.05) is 44.2 Å². The molecule has 0 saturated carbocycles. The molecule has 0 bridgehead atoms. The minimum atomic E-state index is -3.65. The van der Waals surface area contributed by atoms with E-state index in [-0.39, 0.29) is 24.1 Å². The number of carbonyl (C=O) groups excluding carboxylic acids is 1.